The summed E-state index contributed by atoms with van der Waals surface area (Å²) in [6.45, 7) is 0.945. The molecule has 0 aliphatic carbocycles. The minimum Gasteiger partial charge on any atom is -0.356 e. The highest BCUT2D eigenvalue weighted by Gasteiger charge is 2.26. The standard InChI is InChI=1S/C17H22F3N5/c1-21-16(23-9-8-17(18,19)20)24-13-15-22-10-12-25(15)11-7-14-5-3-2-4-6-14/h2-6,10,12H,7-9,11,13H2,1H3,(H2,21,23,24). The molecule has 1 aromatic heterocycles. The summed E-state index contributed by atoms with van der Waals surface area (Å²) >= 11 is 0. The molecular weight excluding hydrogens is 331 g/mol. The minimum atomic E-state index is -4.18. The third-order valence-electron chi connectivity index (χ3n) is 3.62. The van der Waals surface area contributed by atoms with Crippen LogP contribution < -0.4 is 10.6 Å². The second kappa shape index (κ2) is 9.10. The van der Waals surface area contributed by atoms with Crippen molar-refractivity contribution in [2.75, 3.05) is 13.6 Å². The van der Waals surface area contributed by atoms with E-state index in [1.54, 1.807) is 6.20 Å². The van der Waals surface area contributed by atoms with Crippen LogP contribution in [0, 0.1) is 0 Å². The molecule has 0 amide bonds. The Kier molecular flexibility index (Phi) is 6.85. The largest absolute Gasteiger partial charge is 0.390 e. The molecule has 0 saturated heterocycles. The van der Waals surface area contributed by atoms with Crippen LogP contribution in [0.2, 0.25) is 0 Å². The quantitative estimate of drug-likeness (QED) is 0.594. The fourth-order valence-corrected chi connectivity index (χ4v) is 2.31. The van der Waals surface area contributed by atoms with Crippen LogP contribution in [-0.4, -0.2) is 35.3 Å². The summed E-state index contributed by atoms with van der Waals surface area (Å²) in [6, 6.07) is 10.1. The van der Waals surface area contributed by atoms with E-state index >= 15 is 0 Å². The average Bonchev–Trinajstić information content (AvgIpc) is 3.03. The summed E-state index contributed by atoms with van der Waals surface area (Å²) in [5.74, 6) is 1.12. The van der Waals surface area contributed by atoms with Gasteiger partial charge in [0.2, 0.25) is 0 Å². The highest BCUT2D eigenvalue weighted by molar-refractivity contribution is 5.79. The van der Waals surface area contributed by atoms with Gasteiger partial charge in [-0.05, 0) is 12.0 Å². The predicted molar refractivity (Wildman–Crippen MR) is 91.2 cm³/mol. The van der Waals surface area contributed by atoms with Crippen LogP contribution in [-0.2, 0) is 19.5 Å². The average molecular weight is 353 g/mol. The van der Waals surface area contributed by atoms with Crippen LogP contribution >= 0.6 is 0 Å². The predicted octanol–water partition coefficient (Wildman–Crippen LogP) is 2.74. The number of halogens is 3. The zero-order chi connectivity index (χ0) is 18.1. The Morgan fingerprint density at radius 2 is 1.96 bits per heavy atom. The van der Waals surface area contributed by atoms with Gasteiger partial charge in [-0.15, -0.1) is 0 Å². The topological polar surface area (TPSA) is 54.2 Å². The fraction of sp³-hybridized carbons (Fsp3) is 0.412. The van der Waals surface area contributed by atoms with E-state index in [1.807, 2.05) is 29.0 Å². The van der Waals surface area contributed by atoms with E-state index in [4.69, 9.17) is 0 Å². The molecule has 0 spiro atoms. The fourth-order valence-electron chi connectivity index (χ4n) is 2.31. The van der Waals surface area contributed by atoms with E-state index in [0.29, 0.717) is 12.5 Å². The lowest BCUT2D eigenvalue weighted by atomic mass is 10.1. The number of nitrogens with one attached hydrogen (secondary N) is 2. The van der Waals surface area contributed by atoms with Crippen molar-refractivity contribution in [2.24, 2.45) is 4.99 Å². The highest BCUT2D eigenvalue weighted by Crippen LogP contribution is 2.18. The third kappa shape index (κ3) is 6.86. The molecule has 2 N–H and O–H groups in total. The van der Waals surface area contributed by atoms with Gasteiger partial charge in [0.05, 0.1) is 13.0 Å². The molecule has 0 aliphatic heterocycles. The van der Waals surface area contributed by atoms with Crippen molar-refractivity contribution >= 4 is 5.96 Å². The SMILES string of the molecule is CN=C(NCCC(F)(F)F)NCc1nccn1CCc1ccccc1. The molecule has 136 valence electrons. The van der Waals surface area contributed by atoms with Gasteiger partial charge in [-0.25, -0.2) is 4.98 Å². The maximum atomic E-state index is 12.2. The van der Waals surface area contributed by atoms with Crippen molar-refractivity contribution in [1.29, 1.82) is 0 Å². The number of hydrogen-bond donors (Lipinski definition) is 2. The molecule has 0 radical (unpaired) electrons. The van der Waals surface area contributed by atoms with Crippen molar-refractivity contribution in [3.05, 3.63) is 54.1 Å². The number of imidazole rings is 1. The summed E-state index contributed by atoms with van der Waals surface area (Å²) in [7, 11) is 1.52. The number of hydrogen-bond acceptors (Lipinski definition) is 2. The first-order valence-electron chi connectivity index (χ1n) is 8.03. The Hall–Kier alpha value is -2.51. The van der Waals surface area contributed by atoms with Crippen molar-refractivity contribution in [1.82, 2.24) is 20.2 Å². The van der Waals surface area contributed by atoms with Gasteiger partial charge in [-0.3, -0.25) is 4.99 Å². The number of aryl methyl sites for hydroxylation is 2. The normalized spacial score (nSPS) is 12.2. The molecule has 2 rings (SSSR count). The van der Waals surface area contributed by atoms with Crippen LogP contribution in [0.3, 0.4) is 0 Å². The van der Waals surface area contributed by atoms with Crippen LogP contribution in [0.1, 0.15) is 17.8 Å². The molecule has 0 saturated carbocycles. The summed E-state index contributed by atoms with van der Waals surface area (Å²) in [5.41, 5.74) is 1.24. The number of aromatic nitrogens is 2. The minimum absolute atomic E-state index is 0.217. The van der Waals surface area contributed by atoms with Crippen LogP contribution in [0.25, 0.3) is 0 Å². The van der Waals surface area contributed by atoms with Gasteiger partial charge in [0, 0.05) is 32.5 Å². The van der Waals surface area contributed by atoms with E-state index in [9.17, 15) is 13.2 Å². The Morgan fingerprint density at radius 1 is 1.20 bits per heavy atom. The maximum Gasteiger partial charge on any atom is 0.390 e. The Labute approximate surface area is 145 Å². The molecular formula is C17H22F3N5. The molecule has 0 atom stereocenters. The summed E-state index contributed by atoms with van der Waals surface area (Å²) < 4.78 is 38.6. The second-order valence-corrected chi connectivity index (χ2v) is 5.49. The first-order chi connectivity index (χ1) is 12.0. The van der Waals surface area contributed by atoms with Crippen LogP contribution in [0.15, 0.2) is 47.7 Å². The van der Waals surface area contributed by atoms with Crippen LogP contribution in [0.5, 0.6) is 0 Å². The van der Waals surface area contributed by atoms with Crippen molar-refractivity contribution < 1.29 is 13.2 Å². The molecule has 5 nitrogen and oxygen atoms in total. The third-order valence-corrected chi connectivity index (χ3v) is 3.62. The molecule has 0 bridgehead atoms. The number of guanidine groups is 1. The lowest BCUT2D eigenvalue weighted by molar-refractivity contribution is -0.132. The molecule has 8 heteroatoms. The van der Waals surface area contributed by atoms with Gasteiger partial charge < -0.3 is 15.2 Å². The summed E-state index contributed by atoms with van der Waals surface area (Å²) in [4.78, 5) is 8.21. The van der Waals surface area contributed by atoms with E-state index < -0.39 is 12.6 Å². The second-order valence-electron chi connectivity index (χ2n) is 5.49. The van der Waals surface area contributed by atoms with E-state index in [2.05, 4.69) is 32.7 Å². The van der Waals surface area contributed by atoms with E-state index in [-0.39, 0.29) is 6.54 Å². The van der Waals surface area contributed by atoms with Crippen molar-refractivity contribution in [3.8, 4) is 0 Å². The van der Waals surface area contributed by atoms with Gasteiger partial charge in [0.25, 0.3) is 0 Å². The van der Waals surface area contributed by atoms with Crippen LogP contribution in [0.4, 0.5) is 13.2 Å². The van der Waals surface area contributed by atoms with Gasteiger partial charge in [-0.2, -0.15) is 13.2 Å². The number of aliphatic imine (C=N–C) groups is 1. The Bertz CT molecular complexity index is 664. The first-order valence-corrected chi connectivity index (χ1v) is 8.03. The molecule has 0 aliphatic rings. The zero-order valence-corrected chi connectivity index (χ0v) is 14.1. The zero-order valence-electron chi connectivity index (χ0n) is 14.1. The molecule has 1 aromatic carbocycles. The first kappa shape index (κ1) is 18.8. The smallest absolute Gasteiger partial charge is 0.356 e. The number of alkyl halides is 3. The summed E-state index contributed by atoms with van der Waals surface area (Å²) in [5, 5.41) is 5.63. The number of nitrogens with zero attached hydrogens (tertiary/aromatic N) is 3. The van der Waals surface area contributed by atoms with Gasteiger partial charge in [0.1, 0.15) is 5.82 Å². The lowest BCUT2D eigenvalue weighted by Crippen LogP contribution is -2.39. The van der Waals surface area contributed by atoms with E-state index in [0.717, 1.165) is 18.8 Å². The highest BCUT2D eigenvalue weighted by atomic mass is 19.4. The molecule has 0 unspecified atom stereocenters. The number of rotatable bonds is 7. The van der Waals surface area contributed by atoms with Crippen molar-refractivity contribution in [2.45, 2.75) is 32.1 Å². The Morgan fingerprint density at radius 3 is 2.64 bits per heavy atom. The van der Waals surface area contributed by atoms with Gasteiger partial charge >= 0.3 is 6.18 Å². The lowest BCUT2D eigenvalue weighted by Gasteiger charge is -2.13. The molecule has 25 heavy (non-hydrogen) atoms. The van der Waals surface area contributed by atoms with Crippen molar-refractivity contribution in [3.63, 3.8) is 0 Å². The summed E-state index contributed by atoms with van der Waals surface area (Å²) in [6.07, 6.45) is -0.608. The van der Waals surface area contributed by atoms with E-state index in [1.165, 1.54) is 12.6 Å². The Balaban J connectivity index is 1.81. The van der Waals surface area contributed by atoms with Gasteiger partial charge in [-0.1, -0.05) is 30.3 Å². The molecule has 0 fully saturated rings. The molecule has 2 aromatic rings. The monoisotopic (exact) mass is 353 g/mol. The maximum absolute atomic E-state index is 12.2. The molecule has 1 heterocycles. The van der Waals surface area contributed by atoms with Gasteiger partial charge in [0.15, 0.2) is 5.96 Å². The number of benzene rings is 1.